The third-order valence-electron chi connectivity index (χ3n) is 2.80. The van der Waals surface area contributed by atoms with E-state index in [-0.39, 0.29) is 0 Å². The maximum atomic E-state index is 3.81. The first-order valence-electron chi connectivity index (χ1n) is 6.06. The van der Waals surface area contributed by atoms with E-state index < -0.39 is 0 Å². The number of aromatic nitrogens is 2. The lowest BCUT2D eigenvalue weighted by Gasteiger charge is -2.02. The van der Waals surface area contributed by atoms with Gasteiger partial charge in [0.1, 0.15) is 0 Å². The molecule has 2 heteroatoms. The Bertz CT molecular complexity index is 507. The lowest BCUT2D eigenvalue weighted by Crippen LogP contribution is -2.42. The molecule has 2 aromatic heterocycles. The molecule has 0 radical (unpaired) electrons. The van der Waals surface area contributed by atoms with Gasteiger partial charge in [0, 0.05) is 24.3 Å². The van der Waals surface area contributed by atoms with Gasteiger partial charge in [-0.05, 0) is 24.3 Å². The molecular formula is C16H18N2+2. The first kappa shape index (κ1) is 12.2. The number of hydrogen-bond donors (Lipinski definition) is 0. The fourth-order valence-electron chi connectivity index (χ4n) is 2.01. The van der Waals surface area contributed by atoms with Crippen molar-refractivity contribution in [3.63, 3.8) is 0 Å². The number of pyridine rings is 2. The van der Waals surface area contributed by atoms with Crippen LogP contribution in [0.1, 0.15) is 0 Å². The second-order valence-electron chi connectivity index (χ2n) is 4.05. The largest absolute Gasteiger partial charge is 0.277 e. The quantitative estimate of drug-likeness (QED) is 0.558. The van der Waals surface area contributed by atoms with E-state index in [4.69, 9.17) is 0 Å². The number of hydrogen-bond acceptors (Lipinski definition) is 0. The molecule has 2 aromatic rings. The number of rotatable bonds is 5. The predicted octanol–water partition coefficient (Wildman–Crippen LogP) is 2.30. The van der Waals surface area contributed by atoms with Crippen LogP contribution in [0.5, 0.6) is 0 Å². The minimum absolute atomic E-state index is 0.805. The lowest BCUT2D eigenvalue weighted by molar-refractivity contribution is -0.705. The molecule has 0 saturated heterocycles. The SMILES string of the molecule is C=CC[n+]1ccccc1-c1cccc[n+]1CC=C. The molecule has 90 valence electrons. The Kier molecular flexibility index (Phi) is 4.02. The zero-order valence-corrected chi connectivity index (χ0v) is 10.5. The summed E-state index contributed by atoms with van der Waals surface area (Å²) in [4.78, 5) is 0. The summed E-state index contributed by atoms with van der Waals surface area (Å²) < 4.78 is 4.36. The van der Waals surface area contributed by atoms with Gasteiger partial charge in [-0.3, -0.25) is 0 Å². The van der Waals surface area contributed by atoms with Gasteiger partial charge >= 0.3 is 0 Å². The Labute approximate surface area is 108 Å². The van der Waals surface area contributed by atoms with Crippen molar-refractivity contribution >= 4 is 0 Å². The lowest BCUT2D eigenvalue weighted by atomic mass is 10.2. The molecule has 0 aliphatic carbocycles. The van der Waals surface area contributed by atoms with Crippen LogP contribution in [0.4, 0.5) is 0 Å². The minimum atomic E-state index is 0.805. The monoisotopic (exact) mass is 238 g/mol. The molecule has 0 aromatic carbocycles. The molecule has 18 heavy (non-hydrogen) atoms. The van der Waals surface area contributed by atoms with Crippen molar-refractivity contribution in [2.24, 2.45) is 0 Å². The van der Waals surface area contributed by atoms with Gasteiger partial charge in [-0.2, -0.15) is 9.13 Å². The van der Waals surface area contributed by atoms with Crippen LogP contribution >= 0.6 is 0 Å². The van der Waals surface area contributed by atoms with Crippen LogP contribution in [-0.2, 0) is 13.1 Å². The highest BCUT2D eigenvalue weighted by Crippen LogP contribution is 2.09. The summed E-state index contributed by atoms with van der Waals surface area (Å²) in [6.07, 6.45) is 7.96. The summed E-state index contributed by atoms with van der Waals surface area (Å²) in [6.45, 7) is 9.22. The van der Waals surface area contributed by atoms with Crippen molar-refractivity contribution in [1.82, 2.24) is 0 Å². The van der Waals surface area contributed by atoms with Crippen LogP contribution in [0.25, 0.3) is 11.4 Å². The Hall–Kier alpha value is -2.22. The molecule has 0 N–H and O–H groups in total. The number of allylic oxidation sites excluding steroid dienone is 2. The van der Waals surface area contributed by atoms with Crippen molar-refractivity contribution < 1.29 is 9.13 Å². The third kappa shape index (κ3) is 2.54. The summed E-state index contributed by atoms with van der Waals surface area (Å²) in [5.74, 6) is 0. The minimum Gasteiger partial charge on any atom is -0.189 e. The highest BCUT2D eigenvalue weighted by atomic mass is 15.0. The molecule has 0 unspecified atom stereocenters. The van der Waals surface area contributed by atoms with Crippen LogP contribution < -0.4 is 9.13 Å². The normalized spacial score (nSPS) is 10.0. The Morgan fingerprint density at radius 2 is 1.22 bits per heavy atom. The van der Waals surface area contributed by atoms with Gasteiger partial charge in [-0.15, -0.1) is 0 Å². The molecule has 0 aliphatic heterocycles. The molecule has 0 bridgehead atoms. The van der Waals surface area contributed by atoms with E-state index in [1.165, 1.54) is 11.4 Å². The summed E-state index contributed by atoms with van der Waals surface area (Å²) >= 11 is 0. The summed E-state index contributed by atoms with van der Waals surface area (Å²) in [7, 11) is 0. The smallest absolute Gasteiger partial charge is 0.189 e. The van der Waals surface area contributed by atoms with Gasteiger partial charge in [-0.25, -0.2) is 0 Å². The Morgan fingerprint density at radius 1 is 0.778 bits per heavy atom. The van der Waals surface area contributed by atoms with E-state index in [2.05, 4.69) is 59.0 Å². The van der Waals surface area contributed by atoms with E-state index in [0.717, 1.165) is 13.1 Å². The molecule has 0 fully saturated rings. The summed E-state index contributed by atoms with van der Waals surface area (Å²) in [5, 5.41) is 0. The van der Waals surface area contributed by atoms with Crippen LogP contribution in [0.15, 0.2) is 74.1 Å². The Balaban J connectivity index is 2.54. The van der Waals surface area contributed by atoms with Crippen LogP contribution in [-0.4, -0.2) is 0 Å². The molecular weight excluding hydrogens is 220 g/mol. The predicted molar refractivity (Wildman–Crippen MR) is 72.7 cm³/mol. The van der Waals surface area contributed by atoms with Crippen LogP contribution in [0, 0.1) is 0 Å². The fraction of sp³-hybridized carbons (Fsp3) is 0.125. The number of nitrogens with zero attached hydrogens (tertiary/aromatic N) is 2. The molecule has 2 rings (SSSR count). The van der Waals surface area contributed by atoms with Gasteiger partial charge in [0.25, 0.3) is 11.4 Å². The highest BCUT2D eigenvalue weighted by Gasteiger charge is 2.20. The molecule has 0 amide bonds. The Morgan fingerprint density at radius 3 is 1.61 bits per heavy atom. The zero-order chi connectivity index (χ0) is 12.8. The second-order valence-corrected chi connectivity index (χ2v) is 4.05. The van der Waals surface area contributed by atoms with Gasteiger partial charge in [0.15, 0.2) is 25.5 Å². The molecule has 0 spiro atoms. The average Bonchev–Trinajstić information content (AvgIpc) is 2.41. The van der Waals surface area contributed by atoms with E-state index >= 15 is 0 Å². The van der Waals surface area contributed by atoms with Gasteiger partial charge in [0.2, 0.25) is 0 Å². The van der Waals surface area contributed by atoms with Gasteiger partial charge in [-0.1, -0.05) is 13.2 Å². The van der Waals surface area contributed by atoms with E-state index in [1.54, 1.807) is 0 Å². The fourth-order valence-corrected chi connectivity index (χ4v) is 2.01. The zero-order valence-electron chi connectivity index (χ0n) is 10.5. The molecule has 2 nitrogen and oxygen atoms in total. The first-order valence-corrected chi connectivity index (χ1v) is 6.06. The van der Waals surface area contributed by atoms with Crippen molar-refractivity contribution in [1.29, 1.82) is 0 Å². The summed E-state index contributed by atoms with van der Waals surface area (Å²) in [6, 6.07) is 12.4. The van der Waals surface area contributed by atoms with Crippen LogP contribution in [0.2, 0.25) is 0 Å². The van der Waals surface area contributed by atoms with Crippen molar-refractivity contribution in [3.05, 3.63) is 74.1 Å². The molecule has 0 atom stereocenters. The molecule has 0 saturated carbocycles. The maximum absolute atomic E-state index is 3.81. The molecule has 2 heterocycles. The van der Waals surface area contributed by atoms with E-state index in [0.29, 0.717) is 0 Å². The standard InChI is InChI=1S/C16H18N2/c1-3-11-17-13-7-5-9-15(17)16-10-6-8-14-18(16)12-4-2/h3-10,13-14H,1-2,11-12H2/q+2. The van der Waals surface area contributed by atoms with Crippen LogP contribution in [0.3, 0.4) is 0 Å². The topological polar surface area (TPSA) is 7.76 Å². The van der Waals surface area contributed by atoms with Crippen molar-refractivity contribution in [3.8, 4) is 11.4 Å². The van der Waals surface area contributed by atoms with Gasteiger partial charge < -0.3 is 0 Å². The maximum Gasteiger partial charge on any atom is 0.277 e. The van der Waals surface area contributed by atoms with Crippen molar-refractivity contribution in [2.45, 2.75) is 13.1 Å². The average molecular weight is 238 g/mol. The molecule has 0 aliphatic rings. The van der Waals surface area contributed by atoms with E-state index in [1.807, 2.05) is 24.3 Å². The van der Waals surface area contributed by atoms with E-state index in [9.17, 15) is 0 Å². The summed E-state index contributed by atoms with van der Waals surface area (Å²) in [5.41, 5.74) is 2.36. The second kappa shape index (κ2) is 5.92. The third-order valence-corrected chi connectivity index (χ3v) is 2.80. The van der Waals surface area contributed by atoms with Gasteiger partial charge in [0.05, 0.1) is 0 Å². The highest BCUT2D eigenvalue weighted by molar-refractivity contribution is 5.45. The van der Waals surface area contributed by atoms with Crippen molar-refractivity contribution in [2.75, 3.05) is 0 Å². The first-order chi connectivity index (χ1) is 8.86.